The van der Waals surface area contributed by atoms with E-state index in [1.807, 2.05) is 6.07 Å². The van der Waals surface area contributed by atoms with Gasteiger partial charge in [0.2, 0.25) is 5.69 Å². The zero-order valence-electron chi connectivity index (χ0n) is 20.3. The van der Waals surface area contributed by atoms with Crippen molar-refractivity contribution in [1.29, 1.82) is 0 Å². The molecule has 0 unspecified atom stereocenters. The highest BCUT2D eigenvalue weighted by molar-refractivity contribution is 6.88. The van der Waals surface area contributed by atoms with Gasteiger partial charge in [0.05, 0.1) is 19.9 Å². The van der Waals surface area contributed by atoms with Crippen molar-refractivity contribution in [2.45, 2.75) is 33.5 Å². The molecule has 4 nitrogen and oxygen atoms in total. The lowest BCUT2D eigenvalue weighted by molar-refractivity contribution is -0.659. The first kappa shape index (κ1) is 19.9. The second-order valence-electron chi connectivity index (χ2n) is 10.6. The fourth-order valence-corrected chi connectivity index (χ4v) is 6.76. The quantitative estimate of drug-likeness (QED) is 0.190. The number of hydrogen-bond donors (Lipinski definition) is 0. The number of aryl methyl sites for hydroxylation is 3. The molecule has 0 amide bonds. The third-order valence-corrected chi connectivity index (χ3v) is 9.53. The molecule has 0 atom stereocenters. The average molecular weight is 465 g/mol. The van der Waals surface area contributed by atoms with Gasteiger partial charge in [-0.2, -0.15) is 0 Å². The molecule has 0 radical (unpaired) electrons. The maximum absolute atomic E-state index is 6.71. The van der Waals surface area contributed by atoms with Crippen LogP contribution in [0.4, 0.5) is 0 Å². The summed E-state index contributed by atoms with van der Waals surface area (Å²) in [6.45, 7) is 11.3. The molecular weight excluding hydrogens is 438 g/mol. The van der Waals surface area contributed by atoms with Crippen LogP contribution < -0.4 is 14.5 Å². The molecule has 0 saturated heterocycles. The van der Waals surface area contributed by atoms with Crippen LogP contribution in [0.15, 0.2) is 57.7 Å². The first-order valence-electron chi connectivity index (χ1n) is 11.7. The van der Waals surface area contributed by atoms with Crippen molar-refractivity contribution in [3.63, 3.8) is 0 Å². The van der Waals surface area contributed by atoms with E-state index in [2.05, 4.69) is 81.6 Å². The summed E-state index contributed by atoms with van der Waals surface area (Å²) in [4.78, 5) is 0. The lowest BCUT2D eigenvalue weighted by atomic mass is 9.91. The normalized spacial score (nSPS) is 13.2. The third kappa shape index (κ3) is 2.40. The molecular formula is C29H26NO3Si+. The first-order valence-corrected chi connectivity index (χ1v) is 15.2. The van der Waals surface area contributed by atoms with E-state index in [9.17, 15) is 0 Å². The molecule has 0 N–H and O–H groups in total. The summed E-state index contributed by atoms with van der Waals surface area (Å²) in [7, 11) is 0.648. The lowest BCUT2D eigenvalue weighted by Crippen LogP contribution is -2.37. The molecule has 1 aliphatic rings. The van der Waals surface area contributed by atoms with Gasteiger partial charge in [0.15, 0.2) is 6.20 Å². The van der Waals surface area contributed by atoms with Gasteiger partial charge in [0.25, 0.3) is 0 Å². The Morgan fingerprint density at radius 1 is 0.824 bits per heavy atom. The van der Waals surface area contributed by atoms with Crippen molar-refractivity contribution in [2.75, 3.05) is 0 Å². The van der Waals surface area contributed by atoms with Crippen LogP contribution in [-0.2, 0) is 7.05 Å². The van der Waals surface area contributed by atoms with Gasteiger partial charge in [-0.1, -0.05) is 37.0 Å². The molecule has 3 aromatic carbocycles. The number of pyridine rings is 1. The van der Waals surface area contributed by atoms with Crippen molar-refractivity contribution >= 4 is 56.9 Å². The topological polar surface area (TPSA) is 39.4 Å². The molecule has 4 heterocycles. The molecule has 7 rings (SSSR count). The van der Waals surface area contributed by atoms with Crippen LogP contribution in [-0.4, -0.2) is 8.07 Å². The van der Waals surface area contributed by atoms with Crippen molar-refractivity contribution in [3.05, 3.63) is 60.0 Å². The molecule has 6 aromatic rings. The highest BCUT2D eigenvalue weighted by Crippen LogP contribution is 2.52. The van der Waals surface area contributed by atoms with Crippen molar-refractivity contribution < 1.29 is 18.1 Å². The summed E-state index contributed by atoms with van der Waals surface area (Å²) in [5, 5.41) is 6.90. The van der Waals surface area contributed by atoms with Crippen LogP contribution in [0.1, 0.15) is 11.1 Å². The van der Waals surface area contributed by atoms with Gasteiger partial charge < -0.3 is 13.6 Å². The monoisotopic (exact) mass is 464 g/mol. The number of fused-ring (bicyclic) bond motifs is 7. The minimum absolute atomic E-state index is 0.878. The summed E-state index contributed by atoms with van der Waals surface area (Å²) < 4.78 is 21.3. The Kier molecular flexibility index (Phi) is 3.68. The maximum Gasteiger partial charge on any atom is 0.228 e. The smallest absolute Gasteiger partial charge is 0.228 e. The van der Waals surface area contributed by atoms with Crippen LogP contribution >= 0.6 is 0 Å². The van der Waals surface area contributed by atoms with Gasteiger partial charge in [0, 0.05) is 38.7 Å². The predicted molar refractivity (Wildman–Crippen MR) is 140 cm³/mol. The Bertz CT molecular complexity index is 1850. The van der Waals surface area contributed by atoms with Crippen LogP contribution in [0, 0.1) is 13.8 Å². The van der Waals surface area contributed by atoms with Crippen LogP contribution in [0.5, 0.6) is 11.5 Å². The minimum atomic E-state index is -1.45. The largest absolute Gasteiger partial charge is 0.464 e. The van der Waals surface area contributed by atoms with Crippen LogP contribution in [0.25, 0.3) is 54.9 Å². The van der Waals surface area contributed by atoms with Crippen LogP contribution in [0.2, 0.25) is 19.6 Å². The van der Waals surface area contributed by atoms with E-state index in [0.717, 1.165) is 77.6 Å². The Labute approximate surface area is 198 Å². The highest BCUT2D eigenvalue weighted by atomic mass is 28.3. The summed E-state index contributed by atoms with van der Waals surface area (Å²) in [6.07, 6.45) is 3.88. The third-order valence-electron chi connectivity index (χ3n) is 7.49. The zero-order chi connectivity index (χ0) is 23.5. The molecule has 0 bridgehead atoms. The van der Waals surface area contributed by atoms with Gasteiger partial charge >= 0.3 is 0 Å². The number of ether oxygens (including phenoxy) is 1. The molecule has 34 heavy (non-hydrogen) atoms. The summed E-state index contributed by atoms with van der Waals surface area (Å²) in [5.74, 6) is 1.79. The molecule has 0 fully saturated rings. The van der Waals surface area contributed by atoms with Gasteiger partial charge in [-0.05, 0) is 32.0 Å². The Morgan fingerprint density at radius 2 is 1.65 bits per heavy atom. The SMILES string of the molecule is Cc1c2c(c(C)c3occc13)-c1c3c(cc4c5ccc([Si](C)(C)C)cc5oc4c3cc[n+]1C)O2. The van der Waals surface area contributed by atoms with Gasteiger partial charge in [-0.15, -0.1) is 0 Å². The maximum atomic E-state index is 6.71. The summed E-state index contributed by atoms with van der Waals surface area (Å²) in [6, 6.07) is 13.1. The minimum Gasteiger partial charge on any atom is -0.464 e. The number of rotatable bonds is 1. The number of benzene rings is 3. The molecule has 0 saturated carbocycles. The van der Waals surface area contributed by atoms with Crippen molar-refractivity contribution in [3.8, 4) is 22.8 Å². The Morgan fingerprint density at radius 3 is 2.44 bits per heavy atom. The number of nitrogens with zero attached hydrogens (tertiary/aromatic N) is 1. The van der Waals surface area contributed by atoms with E-state index in [4.69, 9.17) is 13.6 Å². The first-order chi connectivity index (χ1) is 16.2. The molecule has 0 aliphatic carbocycles. The molecule has 168 valence electrons. The number of furan rings is 2. The van der Waals surface area contributed by atoms with E-state index in [0.29, 0.717) is 0 Å². The van der Waals surface area contributed by atoms with Crippen molar-refractivity contribution in [1.82, 2.24) is 0 Å². The van der Waals surface area contributed by atoms with E-state index in [1.165, 1.54) is 5.19 Å². The van der Waals surface area contributed by atoms with Gasteiger partial charge in [-0.3, -0.25) is 0 Å². The summed E-state index contributed by atoms with van der Waals surface area (Å²) >= 11 is 0. The van der Waals surface area contributed by atoms with E-state index in [1.54, 1.807) is 6.26 Å². The molecule has 3 aromatic heterocycles. The second kappa shape index (κ2) is 6.30. The highest BCUT2D eigenvalue weighted by Gasteiger charge is 2.34. The van der Waals surface area contributed by atoms with Crippen LogP contribution in [0.3, 0.4) is 0 Å². The average Bonchev–Trinajstić information content (AvgIpc) is 3.43. The fraction of sp³-hybridized carbons (Fsp3) is 0.207. The zero-order valence-corrected chi connectivity index (χ0v) is 21.3. The van der Waals surface area contributed by atoms with Gasteiger partial charge in [-0.25, -0.2) is 4.57 Å². The van der Waals surface area contributed by atoms with E-state index < -0.39 is 8.07 Å². The summed E-state index contributed by atoms with van der Waals surface area (Å²) in [5.41, 5.74) is 7.22. The number of aromatic nitrogens is 1. The Hall–Kier alpha value is -3.57. The predicted octanol–water partition coefficient (Wildman–Crippen LogP) is 7.24. The second-order valence-corrected chi connectivity index (χ2v) is 15.7. The fourth-order valence-electron chi connectivity index (χ4n) is 5.61. The molecule has 0 spiro atoms. The van der Waals surface area contributed by atoms with Crippen molar-refractivity contribution in [2.24, 2.45) is 7.05 Å². The Balaban J connectivity index is 1.64. The number of hydrogen-bond acceptors (Lipinski definition) is 3. The molecule has 5 heteroatoms. The molecule has 1 aliphatic heterocycles. The standard InChI is InChI=1S/C29H26NO3Si/c1-15-18-10-12-31-27(18)16(2)24-26-25-20(9-11-30(26)3)29-21(14-23(25)33-28(15)24)19-8-7-17(34(4,5)6)13-22(19)32-29/h7-14H,1-6H3/q+1. The lowest BCUT2D eigenvalue weighted by Gasteiger charge is -2.22. The van der Waals surface area contributed by atoms with E-state index in [-0.39, 0.29) is 0 Å². The van der Waals surface area contributed by atoms with Gasteiger partial charge in [0.1, 0.15) is 40.7 Å². The van der Waals surface area contributed by atoms with E-state index >= 15 is 0 Å².